The van der Waals surface area contributed by atoms with Crippen LogP contribution < -0.4 is 4.90 Å². The Hall–Kier alpha value is -2.45. The molecule has 28 heavy (non-hydrogen) atoms. The van der Waals surface area contributed by atoms with Crippen molar-refractivity contribution in [2.45, 2.75) is 18.8 Å². The number of anilines is 1. The van der Waals surface area contributed by atoms with Crippen molar-refractivity contribution in [2.24, 2.45) is 0 Å². The van der Waals surface area contributed by atoms with Gasteiger partial charge in [-0.2, -0.15) is 5.10 Å². The first-order valence-electron chi connectivity index (χ1n) is 9.75. The third kappa shape index (κ3) is 3.49. The van der Waals surface area contributed by atoms with Crippen LogP contribution in [0, 0.1) is 0 Å². The topological polar surface area (TPSA) is 63.0 Å². The molecule has 1 atom stereocenters. The first kappa shape index (κ1) is 17.6. The van der Waals surface area contributed by atoms with Gasteiger partial charge in [0, 0.05) is 37.0 Å². The number of aromatic nitrogens is 3. The number of amides is 1. The molecule has 2 saturated heterocycles. The Morgan fingerprint density at radius 1 is 1.21 bits per heavy atom. The Morgan fingerprint density at radius 2 is 2.11 bits per heavy atom. The Balaban J connectivity index is 1.29. The van der Waals surface area contributed by atoms with E-state index in [1.165, 1.54) is 0 Å². The second-order valence-corrected chi connectivity index (χ2v) is 8.37. The lowest BCUT2D eigenvalue weighted by Crippen LogP contribution is -2.36. The molecule has 2 aliphatic rings. The van der Waals surface area contributed by atoms with Crippen molar-refractivity contribution >= 4 is 28.6 Å². The third-order valence-electron chi connectivity index (χ3n) is 5.52. The van der Waals surface area contributed by atoms with Crippen molar-refractivity contribution in [1.82, 2.24) is 19.5 Å². The summed E-state index contributed by atoms with van der Waals surface area (Å²) in [6.07, 6.45) is 3.46. The van der Waals surface area contributed by atoms with Crippen molar-refractivity contribution in [1.29, 1.82) is 0 Å². The molecule has 7 nitrogen and oxygen atoms in total. The second kappa shape index (κ2) is 7.52. The number of carbonyl (C=O) groups is 1. The number of fused-ring (bicyclic) bond motifs is 1. The minimum atomic E-state index is 0.198. The number of carbonyl (C=O) groups excluding carboxylic acids is 1. The van der Waals surface area contributed by atoms with Crippen LogP contribution in [0.2, 0.25) is 0 Å². The average Bonchev–Trinajstić information content (AvgIpc) is 3.47. The van der Waals surface area contributed by atoms with Gasteiger partial charge in [0.25, 0.3) is 0 Å². The Kier molecular flexibility index (Phi) is 4.74. The Bertz CT molecular complexity index is 964. The lowest BCUT2D eigenvalue weighted by Gasteiger charge is -2.28. The molecule has 1 amide bonds. The molecule has 0 aliphatic carbocycles. The summed E-state index contributed by atoms with van der Waals surface area (Å²) in [5, 5.41) is 6.75. The van der Waals surface area contributed by atoms with Crippen molar-refractivity contribution in [3.05, 3.63) is 46.5 Å². The molecule has 0 aromatic carbocycles. The third-order valence-corrected chi connectivity index (χ3v) is 6.40. The zero-order valence-corrected chi connectivity index (χ0v) is 16.5. The highest BCUT2D eigenvalue weighted by Crippen LogP contribution is 2.27. The molecular formula is C20H23N5O2S. The van der Waals surface area contributed by atoms with E-state index in [1.807, 2.05) is 39.2 Å². The maximum absolute atomic E-state index is 12.6. The summed E-state index contributed by atoms with van der Waals surface area (Å²) in [6, 6.07) is 8.14. The van der Waals surface area contributed by atoms with Crippen LogP contribution in [0.4, 0.5) is 5.69 Å². The number of likely N-dealkylation sites (tertiary alicyclic amines) is 1. The van der Waals surface area contributed by atoms with Crippen LogP contribution in [0.1, 0.15) is 23.0 Å². The number of thiophene rings is 1. The van der Waals surface area contributed by atoms with Gasteiger partial charge in [-0.25, -0.2) is 9.50 Å². The number of ether oxygens (including phenoxy) is 1. The van der Waals surface area contributed by atoms with Crippen molar-refractivity contribution in [3.63, 3.8) is 0 Å². The molecule has 2 fully saturated rings. The molecule has 0 N–H and O–H groups in total. The quantitative estimate of drug-likeness (QED) is 0.675. The molecule has 0 spiro atoms. The van der Waals surface area contributed by atoms with E-state index in [2.05, 4.69) is 11.0 Å². The first-order chi connectivity index (χ1) is 13.8. The highest BCUT2D eigenvalue weighted by atomic mass is 32.1. The standard InChI is InChI=1S/C20H23N5O2S/c26-19(12-17-2-1-11-28-17)24-6-5-15(13-24)20-21-18-4-3-16(14-25(18)22-20)23-7-9-27-10-8-23/h1-4,11,14-15H,5-10,12-13H2/t15-/m0/s1. The fourth-order valence-electron chi connectivity index (χ4n) is 3.94. The van der Waals surface area contributed by atoms with Crippen LogP contribution >= 0.6 is 11.3 Å². The van der Waals surface area contributed by atoms with E-state index in [1.54, 1.807) is 11.3 Å². The predicted molar refractivity (Wildman–Crippen MR) is 108 cm³/mol. The van der Waals surface area contributed by atoms with Gasteiger partial charge in [0.1, 0.15) is 0 Å². The molecule has 0 bridgehead atoms. The molecular weight excluding hydrogens is 374 g/mol. The monoisotopic (exact) mass is 397 g/mol. The van der Waals surface area contributed by atoms with E-state index in [0.29, 0.717) is 13.0 Å². The van der Waals surface area contributed by atoms with Gasteiger partial charge in [0.05, 0.1) is 31.5 Å². The predicted octanol–water partition coefficient (Wildman–Crippen LogP) is 2.19. The summed E-state index contributed by atoms with van der Waals surface area (Å²) in [6.45, 7) is 4.81. The van der Waals surface area contributed by atoms with E-state index >= 15 is 0 Å². The number of hydrogen-bond acceptors (Lipinski definition) is 6. The fraction of sp³-hybridized carbons (Fsp3) is 0.450. The number of pyridine rings is 1. The van der Waals surface area contributed by atoms with E-state index < -0.39 is 0 Å². The van der Waals surface area contributed by atoms with Gasteiger partial charge in [-0.1, -0.05) is 6.07 Å². The van der Waals surface area contributed by atoms with Gasteiger partial charge in [-0.3, -0.25) is 4.79 Å². The van der Waals surface area contributed by atoms with E-state index in [4.69, 9.17) is 14.8 Å². The minimum Gasteiger partial charge on any atom is -0.378 e. The summed E-state index contributed by atoms with van der Waals surface area (Å²) in [4.78, 5) is 22.7. The van der Waals surface area contributed by atoms with E-state index in [0.717, 1.165) is 61.3 Å². The summed E-state index contributed by atoms with van der Waals surface area (Å²) in [5.74, 6) is 1.24. The molecule has 0 radical (unpaired) electrons. The molecule has 146 valence electrons. The maximum Gasteiger partial charge on any atom is 0.227 e. The highest BCUT2D eigenvalue weighted by Gasteiger charge is 2.30. The first-order valence-corrected chi connectivity index (χ1v) is 10.6. The normalized spacial score (nSPS) is 20.2. The molecule has 5 heterocycles. The summed E-state index contributed by atoms with van der Waals surface area (Å²) >= 11 is 1.64. The number of rotatable bonds is 4. The minimum absolute atomic E-state index is 0.198. The molecule has 0 unspecified atom stereocenters. The maximum atomic E-state index is 12.6. The molecule has 3 aromatic rings. The molecule has 3 aromatic heterocycles. The molecule has 5 rings (SSSR count). The van der Waals surface area contributed by atoms with Crippen LogP contribution in [-0.2, 0) is 16.0 Å². The van der Waals surface area contributed by atoms with Gasteiger partial charge in [0.15, 0.2) is 11.5 Å². The van der Waals surface area contributed by atoms with Gasteiger partial charge < -0.3 is 14.5 Å². The lowest BCUT2D eigenvalue weighted by molar-refractivity contribution is -0.129. The second-order valence-electron chi connectivity index (χ2n) is 7.34. The van der Waals surface area contributed by atoms with Crippen LogP contribution in [-0.4, -0.2) is 64.8 Å². The van der Waals surface area contributed by atoms with E-state index in [9.17, 15) is 4.79 Å². The average molecular weight is 398 g/mol. The smallest absolute Gasteiger partial charge is 0.227 e. The fourth-order valence-corrected chi connectivity index (χ4v) is 4.64. The summed E-state index contributed by atoms with van der Waals surface area (Å²) in [5.41, 5.74) is 2.00. The number of morpholine rings is 1. The lowest BCUT2D eigenvalue weighted by atomic mass is 10.1. The SMILES string of the molecule is O=C(Cc1cccs1)N1CC[C@H](c2nc3ccc(N4CCOCC4)cn3n2)C1. The summed E-state index contributed by atoms with van der Waals surface area (Å²) < 4.78 is 7.31. The van der Waals surface area contributed by atoms with Crippen LogP contribution in [0.5, 0.6) is 0 Å². The number of hydrogen-bond donors (Lipinski definition) is 0. The van der Waals surface area contributed by atoms with Gasteiger partial charge in [-0.05, 0) is 30.0 Å². The Labute approximate surface area is 167 Å². The van der Waals surface area contributed by atoms with Crippen molar-refractivity contribution < 1.29 is 9.53 Å². The molecule has 2 aliphatic heterocycles. The molecule has 0 saturated carbocycles. The zero-order valence-electron chi connectivity index (χ0n) is 15.7. The van der Waals surface area contributed by atoms with Gasteiger partial charge in [0.2, 0.25) is 5.91 Å². The van der Waals surface area contributed by atoms with Crippen molar-refractivity contribution in [2.75, 3.05) is 44.3 Å². The summed E-state index contributed by atoms with van der Waals surface area (Å²) in [7, 11) is 0. The van der Waals surface area contributed by atoms with Gasteiger partial charge in [-0.15, -0.1) is 11.3 Å². The molecule has 8 heteroatoms. The van der Waals surface area contributed by atoms with E-state index in [-0.39, 0.29) is 11.8 Å². The van der Waals surface area contributed by atoms with Gasteiger partial charge >= 0.3 is 0 Å². The largest absolute Gasteiger partial charge is 0.378 e. The van der Waals surface area contributed by atoms with Crippen molar-refractivity contribution in [3.8, 4) is 0 Å². The van der Waals surface area contributed by atoms with Crippen LogP contribution in [0.25, 0.3) is 5.65 Å². The Morgan fingerprint density at radius 3 is 2.93 bits per heavy atom. The number of nitrogens with zero attached hydrogens (tertiary/aromatic N) is 5. The zero-order chi connectivity index (χ0) is 18.9. The van der Waals surface area contributed by atoms with Crippen LogP contribution in [0.3, 0.4) is 0 Å². The highest BCUT2D eigenvalue weighted by molar-refractivity contribution is 7.10. The van der Waals surface area contributed by atoms with Crippen LogP contribution in [0.15, 0.2) is 35.8 Å².